The highest BCUT2D eigenvalue weighted by Gasteiger charge is 2.47. The highest BCUT2D eigenvalue weighted by atomic mass is 16.6. The number of carbonyl (C=O) groups excluding carboxylic acids is 1. The summed E-state index contributed by atoms with van der Waals surface area (Å²) in [4.78, 5) is 13.4. The molecule has 1 aromatic carbocycles. The number of ether oxygens (including phenoxy) is 1. The van der Waals surface area contributed by atoms with Crippen molar-refractivity contribution in [1.82, 2.24) is 4.90 Å². The van der Waals surface area contributed by atoms with Crippen molar-refractivity contribution in [2.75, 3.05) is 18.4 Å². The molecule has 1 amide bonds. The fourth-order valence-corrected chi connectivity index (χ4v) is 2.04. The van der Waals surface area contributed by atoms with Gasteiger partial charge in [-0.25, -0.2) is 4.79 Å². The van der Waals surface area contributed by atoms with Crippen molar-refractivity contribution in [2.24, 2.45) is 0 Å². The van der Waals surface area contributed by atoms with E-state index in [0.717, 1.165) is 5.69 Å². The van der Waals surface area contributed by atoms with Crippen LogP contribution in [0.1, 0.15) is 20.8 Å². The second-order valence-electron chi connectivity index (χ2n) is 6.02. The van der Waals surface area contributed by atoms with E-state index in [1.807, 2.05) is 51.1 Å². The zero-order valence-corrected chi connectivity index (χ0v) is 12.0. The van der Waals surface area contributed by atoms with Crippen molar-refractivity contribution in [3.63, 3.8) is 0 Å². The van der Waals surface area contributed by atoms with Gasteiger partial charge in [-0.2, -0.15) is 5.26 Å². The van der Waals surface area contributed by atoms with Gasteiger partial charge in [-0.3, -0.25) is 0 Å². The lowest BCUT2D eigenvalue weighted by atomic mass is 9.91. The summed E-state index contributed by atoms with van der Waals surface area (Å²) in [6, 6.07) is 11.8. The minimum Gasteiger partial charge on any atom is -0.444 e. The standard InChI is InChI=1S/C15H19N3O2/c1-14(2,3)20-13(19)18-10-15(9-16,11-18)17-12-7-5-4-6-8-12/h4-8,17H,10-11H2,1-3H3. The molecule has 1 aromatic rings. The van der Waals surface area contributed by atoms with Gasteiger partial charge in [0.15, 0.2) is 5.54 Å². The third kappa shape index (κ3) is 3.21. The van der Waals surface area contributed by atoms with Crippen LogP contribution in [0.25, 0.3) is 0 Å². The average molecular weight is 273 g/mol. The quantitative estimate of drug-likeness (QED) is 0.899. The summed E-state index contributed by atoms with van der Waals surface area (Å²) in [7, 11) is 0. The van der Waals surface area contributed by atoms with E-state index in [4.69, 9.17) is 4.74 Å². The molecule has 20 heavy (non-hydrogen) atoms. The van der Waals surface area contributed by atoms with Gasteiger partial charge in [-0.1, -0.05) is 18.2 Å². The first kappa shape index (κ1) is 14.2. The van der Waals surface area contributed by atoms with Crippen LogP contribution in [-0.2, 0) is 4.74 Å². The maximum Gasteiger partial charge on any atom is 0.410 e. The van der Waals surface area contributed by atoms with Crippen LogP contribution in [0, 0.1) is 11.3 Å². The van der Waals surface area contributed by atoms with Crippen LogP contribution in [0.15, 0.2) is 30.3 Å². The van der Waals surface area contributed by atoms with Gasteiger partial charge in [-0.15, -0.1) is 0 Å². The molecule has 0 atom stereocenters. The number of rotatable bonds is 2. The van der Waals surface area contributed by atoms with Crippen LogP contribution in [0.5, 0.6) is 0 Å². The van der Waals surface area contributed by atoms with Gasteiger partial charge in [0.05, 0.1) is 19.2 Å². The van der Waals surface area contributed by atoms with Gasteiger partial charge in [-0.05, 0) is 32.9 Å². The van der Waals surface area contributed by atoms with E-state index >= 15 is 0 Å². The molecule has 1 aliphatic rings. The number of carbonyl (C=O) groups is 1. The van der Waals surface area contributed by atoms with Crippen molar-refractivity contribution < 1.29 is 9.53 Å². The molecule has 0 bridgehead atoms. The number of para-hydroxylation sites is 1. The van der Waals surface area contributed by atoms with Gasteiger partial charge in [0, 0.05) is 5.69 Å². The normalized spacial score (nSPS) is 16.8. The molecule has 106 valence electrons. The van der Waals surface area contributed by atoms with E-state index in [2.05, 4.69) is 11.4 Å². The molecule has 1 aliphatic heterocycles. The lowest BCUT2D eigenvalue weighted by Crippen LogP contribution is -2.67. The first-order chi connectivity index (χ1) is 9.34. The van der Waals surface area contributed by atoms with Crippen molar-refractivity contribution in [3.8, 4) is 6.07 Å². The minimum atomic E-state index is -0.724. The minimum absolute atomic E-state index is 0.327. The number of hydrogen-bond donors (Lipinski definition) is 1. The Bertz CT molecular complexity index is 522. The Hall–Kier alpha value is -2.22. The summed E-state index contributed by atoms with van der Waals surface area (Å²) >= 11 is 0. The van der Waals surface area contributed by atoms with E-state index < -0.39 is 11.1 Å². The molecule has 2 rings (SSSR count). The highest BCUT2D eigenvalue weighted by Crippen LogP contribution is 2.27. The van der Waals surface area contributed by atoms with Crippen molar-refractivity contribution in [1.29, 1.82) is 5.26 Å². The molecular weight excluding hydrogens is 254 g/mol. The van der Waals surface area contributed by atoms with Crippen molar-refractivity contribution >= 4 is 11.8 Å². The van der Waals surface area contributed by atoms with E-state index in [-0.39, 0.29) is 6.09 Å². The largest absolute Gasteiger partial charge is 0.444 e. The van der Waals surface area contributed by atoms with Crippen LogP contribution >= 0.6 is 0 Å². The third-order valence-electron chi connectivity index (χ3n) is 2.94. The first-order valence-electron chi connectivity index (χ1n) is 6.56. The maximum atomic E-state index is 11.9. The molecule has 5 nitrogen and oxygen atoms in total. The summed E-state index contributed by atoms with van der Waals surface area (Å²) in [6.07, 6.45) is -0.377. The molecule has 0 unspecified atom stereocenters. The van der Waals surface area contributed by atoms with E-state index in [9.17, 15) is 10.1 Å². The number of anilines is 1. The Morgan fingerprint density at radius 2 is 1.95 bits per heavy atom. The number of nitrogens with one attached hydrogen (secondary N) is 1. The Morgan fingerprint density at radius 3 is 2.45 bits per heavy atom. The molecular formula is C15H19N3O2. The van der Waals surface area contributed by atoms with E-state index in [1.54, 1.807) is 0 Å². The number of hydrogen-bond acceptors (Lipinski definition) is 4. The first-order valence-corrected chi connectivity index (χ1v) is 6.56. The molecule has 0 radical (unpaired) electrons. The molecule has 1 fully saturated rings. The Kier molecular flexibility index (Phi) is 3.58. The number of benzene rings is 1. The maximum absolute atomic E-state index is 11.9. The number of likely N-dealkylation sites (tertiary alicyclic amines) is 1. The average Bonchev–Trinajstić information content (AvgIpc) is 2.32. The second-order valence-corrected chi connectivity index (χ2v) is 6.02. The summed E-state index contributed by atoms with van der Waals surface area (Å²) < 4.78 is 5.28. The van der Waals surface area contributed by atoms with Gasteiger partial charge in [0.1, 0.15) is 5.60 Å². The molecule has 1 saturated heterocycles. The number of amides is 1. The summed E-state index contributed by atoms with van der Waals surface area (Å²) in [5, 5.41) is 12.5. The third-order valence-corrected chi connectivity index (χ3v) is 2.94. The zero-order valence-electron chi connectivity index (χ0n) is 12.0. The molecule has 1 heterocycles. The predicted molar refractivity (Wildman–Crippen MR) is 76.2 cm³/mol. The SMILES string of the molecule is CC(C)(C)OC(=O)N1CC(C#N)(Nc2ccccc2)C1. The fraction of sp³-hybridized carbons (Fsp3) is 0.467. The monoisotopic (exact) mass is 273 g/mol. The fourth-order valence-electron chi connectivity index (χ4n) is 2.04. The van der Waals surface area contributed by atoms with Gasteiger partial charge >= 0.3 is 6.09 Å². The predicted octanol–water partition coefficient (Wildman–Crippen LogP) is 2.61. The molecule has 5 heteroatoms. The molecule has 0 spiro atoms. The lowest BCUT2D eigenvalue weighted by molar-refractivity contribution is 0.00356. The highest BCUT2D eigenvalue weighted by molar-refractivity contribution is 5.71. The zero-order chi connectivity index (χ0) is 14.8. The van der Waals surface area contributed by atoms with E-state index in [1.165, 1.54) is 4.90 Å². The Labute approximate surface area is 119 Å². The van der Waals surface area contributed by atoms with Crippen molar-refractivity contribution in [2.45, 2.75) is 31.9 Å². The molecule has 0 aromatic heterocycles. The van der Waals surface area contributed by atoms with Crippen LogP contribution in [0.2, 0.25) is 0 Å². The summed E-state index contributed by atoms with van der Waals surface area (Å²) in [5.74, 6) is 0. The van der Waals surface area contributed by atoms with Crippen LogP contribution < -0.4 is 5.32 Å². The van der Waals surface area contributed by atoms with Crippen LogP contribution in [-0.4, -0.2) is 35.2 Å². The smallest absolute Gasteiger partial charge is 0.410 e. The van der Waals surface area contributed by atoms with E-state index in [0.29, 0.717) is 13.1 Å². The molecule has 0 saturated carbocycles. The van der Waals surface area contributed by atoms with Gasteiger partial charge in [0.2, 0.25) is 0 Å². The van der Waals surface area contributed by atoms with Crippen molar-refractivity contribution in [3.05, 3.63) is 30.3 Å². The summed E-state index contributed by atoms with van der Waals surface area (Å²) in [5.41, 5.74) is -0.370. The Balaban J connectivity index is 1.95. The van der Waals surface area contributed by atoms with Crippen LogP contribution in [0.4, 0.5) is 10.5 Å². The Morgan fingerprint density at radius 1 is 1.35 bits per heavy atom. The molecule has 1 N–H and O–H groups in total. The summed E-state index contributed by atoms with van der Waals surface area (Å²) in [6.45, 7) is 6.12. The van der Waals surface area contributed by atoms with Crippen LogP contribution in [0.3, 0.4) is 0 Å². The second kappa shape index (κ2) is 5.04. The molecule has 0 aliphatic carbocycles. The van der Waals surface area contributed by atoms with Gasteiger partial charge < -0.3 is 15.0 Å². The number of nitrogens with zero attached hydrogens (tertiary/aromatic N) is 2. The van der Waals surface area contributed by atoms with Gasteiger partial charge in [0.25, 0.3) is 0 Å². The topological polar surface area (TPSA) is 65.4 Å². The number of nitriles is 1. The lowest BCUT2D eigenvalue weighted by Gasteiger charge is -2.46.